The molecule has 1 fully saturated rings. The van der Waals surface area contributed by atoms with Gasteiger partial charge in [0.1, 0.15) is 11.9 Å². The van der Waals surface area contributed by atoms with E-state index in [1.807, 2.05) is 0 Å². The van der Waals surface area contributed by atoms with Crippen molar-refractivity contribution >= 4 is 11.0 Å². The highest BCUT2D eigenvalue weighted by Gasteiger charge is 2.24. The zero-order valence-corrected chi connectivity index (χ0v) is 12.3. The van der Waals surface area contributed by atoms with Crippen molar-refractivity contribution < 1.29 is 4.74 Å². The first-order chi connectivity index (χ1) is 9.70. The van der Waals surface area contributed by atoms with Crippen molar-refractivity contribution in [3.63, 3.8) is 0 Å². The summed E-state index contributed by atoms with van der Waals surface area (Å²) in [5.41, 5.74) is 9.07. The lowest BCUT2D eigenvalue weighted by Crippen LogP contribution is -2.17. The van der Waals surface area contributed by atoms with Crippen LogP contribution in [0.5, 0.6) is 0 Å². The van der Waals surface area contributed by atoms with E-state index in [4.69, 9.17) is 15.5 Å². The Morgan fingerprint density at radius 1 is 1.40 bits per heavy atom. The van der Waals surface area contributed by atoms with Gasteiger partial charge in [0.25, 0.3) is 0 Å². The molecule has 0 amide bonds. The average Bonchev–Trinajstić information content (AvgIpc) is 2.86. The molecule has 1 aromatic carbocycles. The molecule has 0 spiro atoms. The Morgan fingerprint density at radius 2 is 2.25 bits per heavy atom. The van der Waals surface area contributed by atoms with Crippen LogP contribution in [0.4, 0.5) is 0 Å². The van der Waals surface area contributed by atoms with Gasteiger partial charge in [-0.05, 0) is 50.8 Å². The normalized spacial score (nSPS) is 19.9. The molecule has 1 aliphatic heterocycles. The Bertz CT molecular complexity index is 597. The van der Waals surface area contributed by atoms with Crippen LogP contribution in [0.3, 0.4) is 0 Å². The summed E-state index contributed by atoms with van der Waals surface area (Å²) in [6, 6.07) is 6.70. The van der Waals surface area contributed by atoms with E-state index in [0.717, 1.165) is 36.4 Å². The zero-order valence-electron chi connectivity index (χ0n) is 12.3. The third-order valence-corrected chi connectivity index (χ3v) is 4.00. The molecule has 1 aliphatic rings. The number of benzene rings is 1. The maximum Gasteiger partial charge on any atom is 0.139 e. The van der Waals surface area contributed by atoms with Gasteiger partial charge >= 0.3 is 0 Å². The number of hydrogen-bond acceptors (Lipinski definition) is 3. The van der Waals surface area contributed by atoms with Gasteiger partial charge in [-0.3, -0.25) is 0 Å². The summed E-state index contributed by atoms with van der Waals surface area (Å²) in [6.45, 7) is 5.80. The van der Waals surface area contributed by atoms with Crippen LogP contribution in [-0.4, -0.2) is 16.2 Å². The molecule has 4 heteroatoms. The van der Waals surface area contributed by atoms with Crippen LogP contribution in [0, 0.1) is 0 Å². The molecule has 1 atom stereocenters. The van der Waals surface area contributed by atoms with Crippen LogP contribution in [0.15, 0.2) is 18.2 Å². The monoisotopic (exact) mass is 273 g/mol. The van der Waals surface area contributed by atoms with Crippen molar-refractivity contribution in [2.75, 3.05) is 6.61 Å². The smallest absolute Gasteiger partial charge is 0.139 e. The van der Waals surface area contributed by atoms with E-state index in [1.165, 1.54) is 11.9 Å². The van der Waals surface area contributed by atoms with Crippen molar-refractivity contribution in [2.45, 2.75) is 51.8 Å². The lowest BCUT2D eigenvalue weighted by atomic mass is 10.1. The van der Waals surface area contributed by atoms with E-state index < -0.39 is 0 Å². The molecule has 108 valence electrons. The third kappa shape index (κ3) is 2.34. The van der Waals surface area contributed by atoms with E-state index in [-0.39, 0.29) is 6.10 Å². The van der Waals surface area contributed by atoms with Crippen molar-refractivity contribution in [3.8, 4) is 0 Å². The van der Waals surface area contributed by atoms with Crippen molar-refractivity contribution in [3.05, 3.63) is 29.6 Å². The third-order valence-electron chi connectivity index (χ3n) is 4.00. The highest BCUT2D eigenvalue weighted by atomic mass is 16.5. The second-order valence-electron chi connectivity index (χ2n) is 5.82. The summed E-state index contributed by atoms with van der Waals surface area (Å²) in [5, 5.41) is 0. The largest absolute Gasteiger partial charge is 0.370 e. The molecule has 2 N–H and O–H groups in total. The summed E-state index contributed by atoms with van der Waals surface area (Å²) >= 11 is 0. The minimum absolute atomic E-state index is 0.139. The molecule has 2 heterocycles. The van der Waals surface area contributed by atoms with Crippen molar-refractivity contribution in [1.29, 1.82) is 0 Å². The Kier molecular flexibility index (Phi) is 3.76. The quantitative estimate of drug-likeness (QED) is 0.933. The van der Waals surface area contributed by atoms with Crippen LogP contribution in [-0.2, 0) is 11.3 Å². The molecule has 3 rings (SSSR count). The number of aromatic nitrogens is 2. The van der Waals surface area contributed by atoms with Crippen LogP contribution in [0.25, 0.3) is 11.0 Å². The highest BCUT2D eigenvalue weighted by molar-refractivity contribution is 5.77. The Labute approximate surface area is 119 Å². The lowest BCUT2D eigenvalue weighted by Gasteiger charge is -2.24. The van der Waals surface area contributed by atoms with Gasteiger partial charge in [0.05, 0.1) is 11.0 Å². The molecule has 0 saturated carbocycles. The van der Waals surface area contributed by atoms with Gasteiger partial charge < -0.3 is 15.0 Å². The molecular formula is C16H23N3O. The predicted octanol–water partition coefficient (Wildman–Crippen LogP) is 3.32. The maximum absolute atomic E-state index is 5.93. The summed E-state index contributed by atoms with van der Waals surface area (Å²) in [4.78, 5) is 4.85. The molecule has 0 aliphatic carbocycles. The fraction of sp³-hybridized carbons (Fsp3) is 0.562. The van der Waals surface area contributed by atoms with E-state index in [2.05, 4.69) is 36.6 Å². The minimum atomic E-state index is 0.139. The van der Waals surface area contributed by atoms with Crippen LogP contribution in [0.1, 0.15) is 56.6 Å². The number of fused-ring (bicyclic) bond motifs is 1. The van der Waals surface area contributed by atoms with E-state index in [1.54, 1.807) is 0 Å². The number of ether oxygens (including phenoxy) is 1. The van der Waals surface area contributed by atoms with Gasteiger partial charge in [0.15, 0.2) is 0 Å². The lowest BCUT2D eigenvalue weighted by molar-refractivity contribution is 0.00713. The maximum atomic E-state index is 5.93. The van der Waals surface area contributed by atoms with Gasteiger partial charge in [0.2, 0.25) is 0 Å². The molecule has 2 aromatic rings. The summed E-state index contributed by atoms with van der Waals surface area (Å²) < 4.78 is 8.24. The van der Waals surface area contributed by atoms with E-state index >= 15 is 0 Å². The van der Waals surface area contributed by atoms with Crippen molar-refractivity contribution in [1.82, 2.24) is 9.55 Å². The SMILES string of the molecule is CC(C)n1c(C2CCCCO2)nc2cc(CN)ccc21. The fourth-order valence-electron chi connectivity index (χ4n) is 3.00. The Morgan fingerprint density at radius 3 is 2.90 bits per heavy atom. The average molecular weight is 273 g/mol. The van der Waals surface area contributed by atoms with E-state index in [0.29, 0.717) is 12.6 Å². The molecule has 4 nitrogen and oxygen atoms in total. The molecule has 0 bridgehead atoms. The van der Waals surface area contributed by atoms with Gasteiger partial charge in [-0.25, -0.2) is 4.98 Å². The summed E-state index contributed by atoms with van der Waals surface area (Å²) in [7, 11) is 0. The predicted molar refractivity (Wildman–Crippen MR) is 80.6 cm³/mol. The fourth-order valence-corrected chi connectivity index (χ4v) is 3.00. The zero-order chi connectivity index (χ0) is 14.1. The Hall–Kier alpha value is -1.39. The topological polar surface area (TPSA) is 53.1 Å². The number of hydrogen-bond donors (Lipinski definition) is 1. The second kappa shape index (κ2) is 5.54. The first kappa shape index (κ1) is 13.6. The molecule has 1 saturated heterocycles. The van der Waals surface area contributed by atoms with Gasteiger partial charge in [-0.15, -0.1) is 0 Å². The molecule has 0 radical (unpaired) electrons. The van der Waals surface area contributed by atoms with Crippen LogP contribution < -0.4 is 5.73 Å². The van der Waals surface area contributed by atoms with Gasteiger partial charge in [0, 0.05) is 19.2 Å². The standard InChI is InChI=1S/C16H23N3O/c1-11(2)19-14-7-6-12(10-17)9-13(14)18-16(19)15-5-3-4-8-20-15/h6-7,9,11,15H,3-5,8,10,17H2,1-2H3. The number of nitrogens with two attached hydrogens (primary N) is 1. The number of imidazole rings is 1. The van der Waals surface area contributed by atoms with Crippen molar-refractivity contribution in [2.24, 2.45) is 5.73 Å². The Balaban J connectivity index is 2.11. The first-order valence-corrected chi connectivity index (χ1v) is 7.53. The summed E-state index contributed by atoms with van der Waals surface area (Å²) in [5.74, 6) is 1.07. The molecule has 20 heavy (non-hydrogen) atoms. The first-order valence-electron chi connectivity index (χ1n) is 7.53. The molecule has 1 unspecified atom stereocenters. The highest BCUT2D eigenvalue weighted by Crippen LogP contribution is 2.32. The van der Waals surface area contributed by atoms with Gasteiger partial charge in [-0.1, -0.05) is 6.07 Å². The molecular weight excluding hydrogens is 250 g/mol. The van der Waals surface area contributed by atoms with Crippen LogP contribution in [0.2, 0.25) is 0 Å². The van der Waals surface area contributed by atoms with Gasteiger partial charge in [-0.2, -0.15) is 0 Å². The molecule has 1 aromatic heterocycles. The second-order valence-corrected chi connectivity index (χ2v) is 5.82. The minimum Gasteiger partial charge on any atom is -0.370 e. The number of nitrogens with zero attached hydrogens (tertiary/aromatic N) is 2. The van der Waals surface area contributed by atoms with E-state index in [9.17, 15) is 0 Å². The number of rotatable bonds is 3. The van der Waals surface area contributed by atoms with Crippen LogP contribution >= 0.6 is 0 Å². The summed E-state index contributed by atoms with van der Waals surface area (Å²) in [6.07, 6.45) is 3.59.